The normalized spacial score (nSPS) is 14.7. The zero-order chi connectivity index (χ0) is 23.5. The van der Waals surface area contributed by atoms with Crippen molar-refractivity contribution in [2.75, 3.05) is 4.90 Å². The minimum atomic E-state index is -1.06. The number of carboxylic acids is 1. The number of thioether (sulfide) groups is 1. The first-order valence-corrected chi connectivity index (χ1v) is 11.4. The Labute approximate surface area is 201 Å². The summed E-state index contributed by atoms with van der Waals surface area (Å²) in [6.45, 7) is 4.31. The van der Waals surface area contributed by atoms with Crippen molar-refractivity contribution in [2.45, 2.75) is 20.5 Å². The van der Waals surface area contributed by atoms with E-state index in [2.05, 4.69) is 0 Å². The van der Waals surface area contributed by atoms with Gasteiger partial charge in [-0.3, -0.25) is 9.69 Å². The molecule has 3 aromatic rings. The molecule has 0 radical (unpaired) electrons. The third-order valence-electron chi connectivity index (χ3n) is 5.17. The minimum Gasteiger partial charge on any atom is -0.489 e. The number of aryl methyl sites for hydroxylation is 2. The SMILES string of the molecule is Cc1ccc(COc2cccc(/C=C3\SC(=S)N(c4cc(C(=O)O)ccc4C)C3=O)c2)cc1. The number of carbonyl (C=O) groups is 2. The van der Waals surface area contributed by atoms with Gasteiger partial charge in [0.25, 0.3) is 5.91 Å². The Kier molecular flexibility index (Phi) is 6.62. The molecule has 3 aromatic carbocycles. The van der Waals surface area contributed by atoms with Gasteiger partial charge in [-0.25, -0.2) is 4.79 Å². The highest BCUT2D eigenvalue weighted by atomic mass is 32.2. The van der Waals surface area contributed by atoms with Gasteiger partial charge >= 0.3 is 5.97 Å². The molecule has 4 rings (SSSR count). The van der Waals surface area contributed by atoms with Crippen LogP contribution in [0.1, 0.15) is 32.6 Å². The van der Waals surface area contributed by atoms with E-state index in [-0.39, 0.29) is 11.5 Å². The van der Waals surface area contributed by atoms with Crippen LogP contribution in [-0.4, -0.2) is 21.3 Å². The van der Waals surface area contributed by atoms with Gasteiger partial charge in [-0.15, -0.1) is 0 Å². The average Bonchev–Trinajstić information content (AvgIpc) is 3.06. The van der Waals surface area contributed by atoms with Crippen LogP contribution < -0.4 is 9.64 Å². The quantitative estimate of drug-likeness (QED) is 0.349. The summed E-state index contributed by atoms with van der Waals surface area (Å²) < 4.78 is 6.28. The first-order chi connectivity index (χ1) is 15.8. The summed E-state index contributed by atoms with van der Waals surface area (Å²) in [4.78, 5) is 26.4. The predicted molar refractivity (Wildman–Crippen MR) is 136 cm³/mol. The molecule has 0 bridgehead atoms. The van der Waals surface area contributed by atoms with E-state index in [1.165, 1.54) is 34.4 Å². The Morgan fingerprint density at radius 2 is 1.85 bits per heavy atom. The molecule has 0 atom stereocenters. The highest BCUT2D eigenvalue weighted by Gasteiger charge is 2.34. The number of aromatic carboxylic acids is 1. The highest BCUT2D eigenvalue weighted by Crippen LogP contribution is 2.38. The topological polar surface area (TPSA) is 66.8 Å². The van der Waals surface area contributed by atoms with Crippen LogP contribution in [0.4, 0.5) is 5.69 Å². The lowest BCUT2D eigenvalue weighted by Crippen LogP contribution is -2.28. The lowest BCUT2D eigenvalue weighted by Gasteiger charge is -2.17. The Morgan fingerprint density at radius 3 is 2.58 bits per heavy atom. The van der Waals surface area contributed by atoms with Crippen LogP contribution >= 0.6 is 24.0 Å². The molecule has 0 aromatic heterocycles. The van der Waals surface area contributed by atoms with Gasteiger partial charge in [0.05, 0.1) is 16.2 Å². The van der Waals surface area contributed by atoms with E-state index in [0.29, 0.717) is 27.3 Å². The van der Waals surface area contributed by atoms with Crippen LogP contribution in [0.2, 0.25) is 0 Å². The molecule has 166 valence electrons. The maximum Gasteiger partial charge on any atom is 0.335 e. The second kappa shape index (κ2) is 9.60. The smallest absolute Gasteiger partial charge is 0.335 e. The largest absolute Gasteiger partial charge is 0.489 e. The van der Waals surface area contributed by atoms with Gasteiger partial charge in [-0.2, -0.15) is 0 Å². The van der Waals surface area contributed by atoms with E-state index in [1.54, 1.807) is 12.1 Å². The van der Waals surface area contributed by atoms with Crippen molar-refractivity contribution in [1.29, 1.82) is 0 Å². The summed E-state index contributed by atoms with van der Waals surface area (Å²) >= 11 is 6.64. The first kappa shape index (κ1) is 22.8. The maximum atomic E-state index is 13.1. The van der Waals surface area contributed by atoms with Gasteiger partial charge in [-0.05, 0) is 60.9 Å². The molecular weight excluding hydrogens is 454 g/mol. The molecule has 1 amide bonds. The second-order valence-corrected chi connectivity index (χ2v) is 9.35. The van der Waals surface area contributed by atoms with E-state index >= 15 is 0 Å². The molecule has 1 saturated heterocycles. The van der Waals surface area contributed by atoms with Crippen molar-refractivity contribution < 1.29 is 19.4 Å². The van der Waals surface area contributed by atoms with Gasteiger partial charge in [0, 0.05) is 0 Å². The number of amides is 1. The van der Waals surface area contributed by atoms with Crippen molar-refractivity contribution in [2.24, 2.45) is 0 Å². The first-order valence-electron chi connectivity index (χ1n) is 10.2. The molecule has 0 spiro atoms. The van der Waals surface area contributed by atoms with Crippen molar-refractivity contribution in [3.8, 4) is 5.75 Å². The molecule has 1 fully saturated rings. The third kappa shape index (κ3) is 5.16. The zero-order valence-corrected chi connectivity index (χ0v) is 19.7. The number of carbonyl (C=O) groups excluding carboxylic acids is 1. The summed E-state index contributed by atoms with van der Waals surface area (Å²) in [6, 6.07) is 20.3. The molecule has 1 heterocycles. The molecule has 5 nitrogen and oxygen atoms in total. The maximum absolute atomic E-state index is 13.1. The number of rotatable bonds is 6. The summed E-state index contributed by atoms with van der Waals surface area (Å²) in [6.07, 6.45) is 1.77. The number of nitrogens with zero attached hydrogens (tertiary/aromatic N) is 1. The number of hydrogen-bond acceptors (Lipinski definition) is 5. The van der Waals surface area contributed by atoms with Crippen molar-refractivity contribution in [1.82, 2.24) is 0 Å². The lowest BCUT2D eigenvalue weighted by atomic mass is 10.1. The van der Waals surface area contributed by atoms with Gasteiger partial charge in [-0.1, -0.05) is 72.0 Å². The molecule has 33 heavy (non-hydrogen) atoms. The van der Waals surface area contributed by atoms with Gasteiger partial charge in [0.2, 0.25) is 0 Å². The standard InChI is InChI=1S/C26H21NO4S2/c1-16-6-9-18(10-7-16)15-31-21-5-3-4-19(12-21)13-23-24(28)27(26(32)33-23)22-14-20(25(29)30)11-8-17(22)2/h3-14H,15H2,1-2H3,(H,29,30)/b23-13-. The van der Waals surface area contributed by atoms with Crippen LogP contribution in [0.5, 0.6) is 5.75 Å². The fraction of sp³-hybridized carbons (Fsp3) is 0.115. The summed E-state index contributed by atoms with van der Waals surface area (Å²) in [7, 11) is 0. The van der Waals surface area contributed by atoms with Crippen LogP contribution in [0, 0.1) is 13.8 Å². The van der Waals surface area contributed by atoms with E-state index in [1.807, 2.05) is 62.4 Å². The summed E-state index contributed by atoms with van der Waals surface area (Å²) in [5.41, 5.74) is 4.44. The summed E-state index contributed by atoms with van der Waals surface area (Å²) in [5, 5.41) is 9.31. The number of benzene rings is 3. The molecule has 0 aliphatic carbocycles. The number of ether oxygens (including phenoxy) is 1. The Balaban J connectivity index is 1.54. The van der Waals surface area contributed by atoms with Gasteiger partial charge in [0.15, 0.2) is 4.32 Å². The average molecular weight is 476 g/mol. The molecule has 1 aliphatic heterocycles. The minimum absolute atomic E-state index is 0.104. The van der Waals surface area contributed by atoms with Gasteiger partial charge in [0.1, 0.15) is 12.4 Å². The molecule has 7 heteroatoms. The molecular formula is C26H21NO4S2. The fourth-order valence-electron chi connectivity index (χ4n) is 3.36. The van der Waals surface area contributed by atoms with Gasteiger partial charge < -0.3 is 9.84 Å². The zero-order valence-electron chi connectivity index (χ0n) is 18.1. The monoisotopic (exact) mass is 475 g/mol. The third-order valence-corrected chi connectivity index (χ3v) is 6.47. The molecule has 0 unspecified atom stereocenters. The Morgan fingerprint density at radius 1 is 1.09 bits per heavy atom. The van der Waals surface area contributed by atoms with Crippen LogP contribution in [-0.2, 0) is 11.4 Å². The van der Waals surface area contributed by atoms with E-state index < -0.39 is 5.97 Å². The lowest BCUT2D eigenvalue weighted by molar-refractivity contribution is -0.113. The Hall–Kier alpha value is -3.42. The van der Waals surface area contributed by atoms with E-state index in [0.717, 1.165) is 16.7 Å². The molecule has 1 N–H and O–H groups in total. The van der Waals surface area contributed by atoms with Crippen molar-refractivity contribution in [3.05, 3.63) is 99.5 Å². The van der Waals surface area contributed by atoms with Crippen LogP contribution in [0.3, 0.4) is 0 Å². The number of hydrogen-bond donors (Lipinski definition) is 1. The van der Waals surface area contributed by atoms with E-state index in [9.17, 15) is 14.7 Å². The van der Waals surface area contributed by atoms with E-state index in [4.69, 9.17) is 17.0 Å². The fourth-order valence-corrected chi connectivity index (χ4v) is 4.64. The molecule has 0 saturated carbocycles. The molecule has 1 aliphatic rings. The number of anilines is 1. The Bertz CT molecular complexity index is 1280. The van der Waals surface area contributed by atoms with Crippen LogP contribution in [0.25, 0.3) is 6.08 Å². The van der Waals surface area contributed by atoms with Crippen molar-refractivity contribution >= 4 is 51.9 Å². The van der Waals surface area contributed by atoms with Crippen molar-refractivity contribution in [3.63, 3.8) is 0 Å². The summed E-state index contributed by atoms with van der Waals surface area (Å²) in [5.74, 6) is -0.633. The van der Waals surface area contributed by atoms with Crippen LogP contribution in [0.15, 0.2) is 71.6 Å². The number of thiocarbonyl (C=S) groups is 1. The predicted octanol–water partition coefficient (Wildman–Crippen LogP) is 5.99. The number of carboxylic acid groups (broad SMARTS) is 1. The highest BCUT2D eigenvalue weighted by molar-refractivity contribution is 8.27. The second-order valence-electron chi connectivity index (χ2n) is 7.67.